The molecule has 0 saturated heterocycles. The van der Waals surface area contributed by atoms with Crippen LogP contribution in [0, 0.1) is 34.5 Å². The van der Waals surface area contributed by atoms with Gasteiger partial charge in [0.15, 0.2) is 0 Å². The maximum atomic E-state index is 10.1. The van der Waals surface area contributed by atoms with E-state index < -0.39 is 0 Å². The zero-order valence-corrected chi connectivity index (χ0v) is 15.8. The predicted molar refractivity (Wildman–Crippen MR) is 98.6 cm³/mol. The summed E-state index contributed by atoms with van der Waals surface area (Å²) in [6, 6.07) is 0.686. The molecule has 4 rings (SSSR count). The summed E-state index contributed by atoms with van der Waals surface area (Å²) in [7, 11) is 0. The molecule has 0 aromatic rings. The zero-order chi connectivity index (χ0) is 16.9. The van der Waals surface area contributed by atoms with Gasteiger partial charge in [-0.15, -0.1) is 0 Å². The lowest BCUT2D eigenvalue weighted by molar-refractivity contribution is -0.123. The second-order valence-corrected chi connectivity index (χ2v) is 10.0. The lowest BCUT2D eigenvalue weighted by Gasteiger charge is -2.61. The van der Waals surface area contributed by atoms with Gasteiger partial charge in [0.1, 0.15) is 0 Å². The Hall–Kier alpha value is -0.120. The summed E-state index contributed by atoms with van der Waals surface area (Å²) in [4.78, 5) is 0. The number of rotatable bonds is 3. The number of hydrogen-bond acceptors (Lipinski definition) is 3. The van der Waals surface area contributed by atoms with E-state index in [1.165, 1.54) is 44.9 Å². The molecule has 0 bridgehead atoms. The predicted octanol–water partition coefficient (Wildman–Crippen LogP) is 3.31. The van der Waals surface area contributed by atoms with Crippen molar-refractivity contribution < 1.29 is 5.11 Å². The second kappa shape index (κ2) is 6.25. The topological polar surface area (TPSA) is 58.3 Å². The summed E-state index contributed by atoms with van der Waals surface area (Å²) >= 11 is 0. The van der Waals surface area contributed by atoms with Gasteiger partial charge in [-0.2, -0.15) is 0 Å². The molecular weight excluding hydrogens is 296 g/mol. The minimum atomic E-state index is -0.0233. The van der Waals surface area contributed by atoms with Crippen LogP contribution in [0.25, 0.3) is 0 Å². The van der Waals surface area contributed by atoms with E-state index in [0.717, 1.165) is 49.6 Å². The lowest BCUT2D eigenvalue weighted by Crippen LogP contribution is -2.56. The number of nitrogens with two attached hydrogens (primary N) is 1. The summed E-state index contributed by atoms with van der Waals surface area (Å²) < 4.78 is 0. The van der Waals surface area contributed by atoms with E-state index in [9.17, 15) is 5.11 Å². The highest BCUT2D eigenvalue weighted by molar-refractivity contribution is 5.10. The molecule has 0 aliphatic heterocycles. The Morgan fingerprint density at radius 3 is 2.50 bits per heavy atom. The van der Waals surface area contributed by atoms with Crippen LogP contribution in [0.3, 0.4) is 0 Å². The highest BCUT2D eigenvalue weighted by Gasteiger charge is 2.59. The van der Waals surface area contributed by atoms with Gasteiger partial charge in [-0.25, -0.2) is 0 Å². The fraction of sp³-hybridized carbons (Fsp3) is 1.00. The van der Waals surface area contributed by atoms with Crippen LogP contribution in [0.2, 0.25) is 0 Å². The summed E-state index contributed by atoms with van der Waals surface area (Å²) in [6.07, 6.45) is 11.7. The summed E-state index contributed by atoms with van der Waals surface area (Å²) in [6.45, 7) is 6.89. The molecule has 4 N–H and O–H groups in total. The maximum absolute atomic E-state index is 10.1. The Labute approximate surface area is 148 Å². The van der Waals surface area contributed by atoms with Crippen molar-refractivity contribution in [1.82, 2.24) is 5.32 Å². The van der Waals surface area contributed by atoms with E-state index in [0.29, 0.717) is 16.9 Å². The monoisotopic (exact) mass is 334 g/mol. The van der Waals surface area contributed by atoms with Crippen molar-refractivity contribution in [2.45, 2.75) is 83.8 Å². The molecule has 0 unspecified atom stereocenters. The minimum Gasteiger partial charge on any atom is -0.393 e. The van der Waals surface area contributed by atoms with Crippen LogP contribution in [0.4, 0.5) is 0 Å². The smallest absolute Gasteiger partial charge is 0.0543 e. The van der Waals surface area contributed by atoms with Crippen LogP contribution in [0.5, 0.6) is 0 Å². The first-order valence-electron chi connectivity index (χ1n) is 10.6. The van der Waals surface area contributed by atoms with Crippen molar-refractivity contribution >= 4 is 0 Å². The second-order valence-electron chi connectivity index (χ2n) is 10.0. The van der Waals surface area contributed by atoms with Crippen LogP contribution in [0.15, 0.2) is 0 Å². The average Bonchev–Trinajstić information content (AvgIpc) is 2.90. The Morgan fingerprint density at radius 1 is 0.958 bits per heavy atom. The molecule has 0 radical (unpaired) electrons. The third-order valence-corrected chi connectivity index (χ3v) is 9.17. The molecule has 0 aromatic carbocycles. The Bertz CT molecular complexity index is 469. The van der Waals surface area contributed by atoms with Gasteiger partial charge in [-0.05, 0) is 92.3 Å². The van der Waals surface area contributed by atoms with Gasteiger partial charge < -0.3 is 16.2 Å². The molecule has 8 atom stereocenters. The summed E-state index contributed by atoms with van der Waals surface area (Å²) in [5.41, 5.74) is 6.74. The first-order valence-corrected chi connectivity index (χ1v) is 10.6. The molecule has 0 heterocycles. The van der Waals surface area contributed by atoms with Gasteiger partial charge in [0.25, 0.3) is 0 Å². The lowest BCUT2D eigenvalue weighted by atomic mass is 9.45. The molecule has 4 saturated carbocycles. The molecule has 4 aliphatic rings. The van der Waals surface area contributed by atoms with Crippen LogP contribution in [-0.2, 0) is 0 Å². The number of aliphatic hydroxyl groups excluding tert-OH is 1. The fourth-order valence-corrected chi connectivity index (χ4v) is 7.83. The number of fused-ring (bicyclic) bond motifs is 5. The van der Waals surface area contributed by atoms with Crippen molar-refractivity contribution in [3.8, 4) is 0 Å². The minimum absolute atomic E-state index is 0.0233. The fourth-order valence-electron chi connectivity index (χ4n) is 7.83. The van der Waals surface area contributed by atoms with Crippen LogP contribution in [0.1, 0.15) is 71.6 Å². The molecule has 3 heteroatoms. The third-order valence-electron chi connectivity index (χ3n) is 9.17. The summed E-state index contributed by atoms with van der Waals surface area (Å²) in [5, 5.41) is 13.9. The van der Waals surface area contributed by atoms with Gasteiger partial charge in [0.05, 0.1) is 6.10 Å². The third kappa shape index (κ3) is 2.49. The largest absolute Gasteiger partial charge is 0.393 e. The molecule has 4 fully saturated rings. The maximum Gasteiger partial charge on any atom is 0.0543 e. The molecule has 0 spiro atoms. The van der Waals surface area contributed by atoms with Crippen molar-refractivity contribution in [3.05, 3.63) is 0 Å². The van der Waals surface area contributed by atoms with Crippen molar-refractivity contribution in [2.75, 3.05) is 13.1 Å². The van der Waals surface area contributed by atoms with Crippen molar-refractivity contribution in [2.24, 2.45) is 40.2 Å². The molecule has 138 valence electrons. The Balaban J connectivity index is 1.54. The van der Waals surface area contributed by atoms with Crippen molar-refractivity contribution in [1.29, 1.82) is 0 Å². The van der Waals surface area contributed by atoms with Crippen LogP contribution < -0.4 is 11.1 Å². The van der Waals surface area contributed by atoms with Gasteiger partial charge in [-0.1, -0.05) is 13.8 Å². The molecule has 0 aromatic heterocycles. The van der Waals surface area contributed by atoms with E-state index in [1.54, 1.807) is 0 Å². The van der Waals surface area contributed by atoms with Crippen LogP contribution >= 0.6 is 0 Å². The quantitative estimate of drug-likeness (QED) is 0.742. The number of hydrogen-bond donors (Lipinski definition) is 3. The van der Waals surface area contributed by atoms with Gasteiger partial charge >= 0.3 is 0 Å². The Morgan fingerprint density at radius 2 is 1.71 bits per heavy atom. The highest BCUT2D eigenvalue weighted by atomic mass is 16.3. The van der Waals surface area contributed by atoms with Gasteiger partial charge in [-0.3, -0.25) is 0 Å². The average molecular weight is 335 g/mol. The first-order chi connectivity index (χ1) is 11.5. The van der Waals surface area contributed by atoms with E-state index in [2.05, 4.69) is 19.2 Å². The highest BCUT2D eigenvalue weighted by Crippen LogP contribution is 2.66. The van der Waals surface area contributed by atoms with E-state index in [4.69, 9.17) is 5.73 Å². The van der Waals surface area contributed by atoms with Gasteiger partial charge in [0, 0.05) is 19.1 Å². The normalized spacial score (nSPS) is 54.0. The SMILES string of the molecule is C[C@]12CC[C@H](O)C[C@@H]1CC[C@H]1[C@H]3CC[C@H](NCCN)[C@@]3(C)CC[C@@H]12. The standard InChI is InChI=1S/C21H38N2O/c1-20-9-7-15(24)13-14(20)3-4-16-17-5-6-19(23-12-11-22)21(17,2)10-8-18(16)20/h14-19,23-24H,3-13,22H2,1-2H3/t14-,15-,16-,17+,18-,19-,20-,21-/m0/s1. The van der Waals surface area contributed by atoms with E-state index >= 15 is 0 Å². The molecule has 3 nitrogen and oxygen atoms in total. The van der Waals surface area contributed by atoms with Crippen molar-refractivity contribution in [3.63, 3.8) is 0 Å². The molecule has 4 aliphatic carbocycles. The summed E-state index contributed by atoms with van der Waals surface area (Å²) in [5.74, 6) is 3.54. The van der Waals surface area contributed by atoms with E-state index in [-0.39, 0.29) is 6.10 Å². The zero-order valence-electron chi connectivity index (χ0n) is 15.8. The van der Waals surface area contributed by atoms with Gasteiger partial charge in [0.2, 0.25) is 0 Å². The first kappa shape index (κ1) is 17.3. The number of aliphatic hydroxyl groups is 1. The van der Waals surface area contributed by atoms with E-state index in [1.807, 2.05) is 0 Å². The molecular formula is C21H38N2O. The molecule has 24 heavy (non-hydrogen) atoms. The van der Waals surface area contributed by atoms with Crippen LogP contribution in [-0.4, -0.2) is 30.3 Å². The Kier molecular flexibility index (Phi) is 4.50. The number of nitrogens with one attached hydrogen (secondary N) is 1. The molecule has 0 amide bonds.